The van der Waals surface area contributed by atoms with Gasteiger partial charge in [-0.15, -0.1) is 0 Å². The molecule has 0 amide bonds. The SMILES string of the molecule is c1ccc(-c2ccc(N(c3ccc(-c4cccc5c4-c4ccccc4C5(c4ccccc4)c4cccc(-c5cc(-c6cccc7ccccc67)cc(N(c6ccc(-c7ccccc7)cc6)c6ccc(-c7cccc8c7-c7ccccc7C8(c7ccccc7)c7ccccc7)cc6)c5)c4)cc3)c3cccc(-c4ccc5ccccc5c4)c3)cc2)cc1. The van der Waals surface area contributed by atoms with Crippen LogP contribution in [0.1, 0.15) is 44.5 Å². The Bertz CT molecular complexity index is 7180. The van der Waals surface area contributed by atoms with Crippen molar-refractivity contribution >= 4 is 55.7 Å². The first-order valence-electron chi connectivity index (χ1n) is 41.6. The minimum Gasteiger partial charge on any atom is -0.310 e. The summed E-state index contributed by atoms with van der Waals surface area (Å²) in [5.41, 5.74) is 36.2. The van der Waals surface area contributed by atoms with E-state index in [9.17, 15) is 0 Å². The van der Waals surface area contributed by atoms with Crippen LogP contribution in [-0.4, -0.2) is 0 Å². The number of benzene rings is 20. The first kappa shape index (κ1) is 71.1. The van der Waals surface area contributed by atoms with Crippen LogP contribution in [0, 0.1) is 0 Å². The molecule has 1 unspecified atom stereocenters. The van der Waals surface area contributed by atoms with E-state index in [-0.39, 0.29) is 0 Å². The lowest BCUT2D eigenvalue weighted by molar-refractivity contribution is 0.768. The Balaban J connectivity index is 0.686. The first-order chi connectivity index (χ1) is 59.5. The molecule has 0 aromatic heterocycles. The largest absolute Gasteiger partial charge is 0.310 e. The van der Waals surface area contributed by atoms with Crippen LogP contribution >= 0.6 is 0 Å². The summed E-state index contributed by atoms with van der Waals surface area (Å²) in [6.45, 7) is 0. The number of rotatable bonds is 17. The van der Waals surface area contributed by atoms with Gasteiger partial charge in [0.05, 0.1) is 10.8 Å². The first-order valence-corrected chi connectivity index (χ1v) is 41.6. The molecule has 0 N–H and O–H groups in total. The number of fused-ring (bicyclic) bond motifs is 8. The van der Waals surface area contributed by atoms with E-state index in [1.165, 1.54) is 127 Å². The predicted molar refractivity (Wildman–Crippen MR) is 503 cm³/mol. The average Bonchev–Trinajstić information content (AvgIpc) is 1.73. The lowest BCUT2D eigenvalue weighted by atomic mass is 9.67. The number of hydrogen-bond donors (Lipinski definition) is 0. The van der Waals surface area contributed by atoms with E-state index in [0.717, 1.165) is 73.1 Å². The van der Waals surface area contributed by atoms with E-state index < -0.39 is 10.8 Å². The van der Waals surface area contributed by atoms with E-state index >= 15 is 0 Å². The number of anilines is 6. The second kappa shape index (κ2) is 30.0. The highest BCUT2D eigenvalue weighted by atomic mass is 15.1. The quantitative estimate of drug-likeness (QED) is 0.0896. The molecule has 0 saturated carbocycles. The smallest absolute Gasteiger partial charge is 0.0714 e. The summed E-state index contributed by atoms with van der Waals surface area (Å²) in [7, 11) is 0. The summed E-state index contributed by atoms with van der Waals surface area (Å²) in [6, 6.07) is 181. The zero-order valence-electron chi connectivity index (χ0n) is 66.1. The third-order valence-electron chi connectivity index (χ3n) is 25.2. The van der Waals surface area contributed by atoms with Crippen molar-refractivity contribution in [1.29, 1.82) is 0 Å². The van der Waals surface area contributed by atoms with Gasteiger partial charge in [0.1, 0.15) is 0 Å². The summed E-state index contributed by atoms with van der Waals surface area (Å²) < 4.78 is 0. The van der Waals surface area contributed by atoms with E-state index in [0.29, 0.717) is 0 Å². The van der Waals surface area contributed by atoms with E-state index in [1.54, 1.807) is 0 Å². The molecule has 562 valence electrons. The highest BCUT2D eigenvalue weighted by Crippen LogP contribution is 2.61. The van der Waals surface area contributed by atoms with Crippen LogP contribution in [-0.2, 0) is 10.8 Å². The predicted octanol–water partition coefficient (Wildman–Crippen LogP) is 31.3. The molecule has 22 rings (SSSR count). The number of nitrogens with zero attached hydrogens (tertiary/aromatic N) is 2. The van der Waals surface area contributed by atoms with Gasteiger partial charge in [0.25, 0.3) is 0 Å². The minimum atomic E-state index is -0.728. The topological polar surface area (TPSA) is 6.48 Å². The van der Waals surface area contributed by atoms with Gasteiger partial charge in [-0.05, 0) is 257 Å². The summed E-state index contributed by atoms with van der Waals surface area (Å²) in [4.78, 5) is 4.87. The van der Waals surface area contributed by atoms with Crippen molar-refractivity contribution in [3.05, 3.63) is 530 Å². The van der Waals surface area contributed by atoms with Crippen LogP contribution in [0.15, 0.2) is 485 Å². The van der Waals surface area contributed by atoms with Crippen molar-refractivity contribution in [2.24, 2.45) is 0 Å². The molecule has 2 aliphatic rings. The van der Waals surface area contributed by atoms with Gasteiger partial charge in [-0.1, -0.05) is 394 Å². The molecule has 1 atom stereocenters. The lowest BCUT2D eigenvalue weighted by Gasteiger charge is -2.34. The summed E-state index contributed by atoms with van der Waals surface area (Å²) in [6.07, 6.45) is 0. The standard InChI is InChI=1S/C118H80N2/c1-6-29-81(30-7-1)84-59-67-99(68-60-84)119(103-46-25-38-91(78-103)92-58-57-83-33-16-17-35-89(83)75-92)100-71-63-87(64-72-100)108-52-28-56-114-116(108)110-49-21-23-54-112(110)118(114,97-43-14-5-15-44-97)98-45-24-37-90(77-98)93-76-94(106-50-26-36-86-34-18-19-47-105(86)106)80-104(79-93)120(101-69-61-85(62-70-101)82-31-8-2-9-32-82)102-73-65-88(66-74-102)107-51-27-55-113-115(107)109-48-20-22-53-111(109)117(113,95-39-10-3-11-40-95)96-41-12-4-13-42-96/h1-80H. The molecule has 0 aliphatic heterocycles. The molecular weight excluding hydrogens is 1450 g/mol. The van der Waals surface area contributed by atoms with Gasteiger partial charge in [-0.25, -0.2) is 0 Å². The second-order valence-electron chi connectivity index (χ2n) is 31.7. The molecule has 2 nitrogen and oxygen atoms in total. The molecular formula is C118H80N2. The highest BCUT2D eigenvalue weighted by molar-refractivity contribution is 6.02. The highest BCUT2D eigenvalue weighted by Gasteiger charge is 2.49. The second-order valence-corrected chi connectivity index (χ2v) is 31.7. The van der Waals surface area contributed by atoms with Crippen molar-refractivity contribution in [3.8, 4) is 100 Å². The molecule has 120 heavy (non-hydrogen) atoms. The van der Waals surface area contributed by atoms with E-state index in [1.807, 2.05) is 0 Å². The maximum absolute atomic E-state index is 2.50. The fraction of sp³-hybridized carbons (Fsp3) is 0.0169. The molecule has 0 saturated heterocycles. The Morgan fingerprint density at radius 2 is 0.467 bits per heavy atom. The molecule has 20 aromatic rings. The van der Waals surface area contributed by atoms with Crippen LogP contribution in [0.5, 0.6) is 0 Å². The number of hydrogen-bond acceptors (Lipinski definition) is 2. The fourth-order valence-electron chi connectivity index (χ4n) is 19.8. The van der Waals surface area contributed by atoms with Crippen LogP contribution < -0.4 is 9.80 Å². The van der Waals surface area contributed by atoms with Crippen LogP contribution in [0.4, 0.5) is 34.1 Å². The van der Waals surface area contributed by atoms with Gasteiger partial charge in [-0.3, -0.25) is 0 Å². The Morgan fingerprint density at radius 1 is 0.142 bits per heavy atom. The normalized spacial score (nSPS) is 13.4. The van der Waals surface area contributed by atoms with Crippen LogP contribution in [0.2, 0.25) is 0 Å². The van der Waals surface area contributed by atoms with Crippen LogP contribution in [0.3, 0.4) is 0 Å². The van der Waals surface area contributed by atoms with Gasteiger partial charge >= 0.3 is 0 Å². The van der Waals surface area contributed by atoms with Crippen molar-refractivity contribution < 1.29 is 0 Å². The average molecular weight is 1530 g/mol. The third-order valence-corrected chi connectivity index (χ3v) is 25.2. The third kappa shape index (κ3) is 12.1. The minimum absolute atomic E-state index is 0.523. The van der Waals surface area contributed by atoms with Gasteiger partial charge in [0.15, 0.2) is 0 Å². The monoisotopic (exact) mass is 1520 g/mol. The Kier molecular flexibility index (Phi) is 17.8. The Hall–Kier alpha value is -15.5. The van der Waals surface area contributed by atoms with Crippen molar-refractivity contribution in [2.75, 3.05) is 9.80 Å². The summed E-state index contributed by atoms with van der Waals surface area (Å²) in [5, 5.41) is 4.84. The van der Waals surface area contributed by atoms with Gasteiger partial charge in [-0.2, -0.15) is 0 Å². The molecule has 2 aliphatic carbocycles. The Morgan fingerprint density at radius 3 is 1.00 bits per heavy atom. The summed E-state index contributed by atoms with van der Waals surface area (Å²) in [5.74, 6) is 0. The van der Waals surface area contributed by atoms with Crippen molar-refractivity contribution in [1.82, 2.24) is 0 Å². The maximum atomic E-state index is 2.50. The van der Waals surface area contributed by atoms with E-state index in [2.05, 4.69) is 495 Å². The molecule has 2 heteroatoms. The lowest BCUT2D eigenvalue weighted by Crippen LogP contribution is -2.28. The van der Waals surface area contributed by atoms with Gasteiger partial charge in [0.2, 0.25) is 0 Å². The zero-order chi connectivity index (χ0) is 79.5. The summed E-state index contributed by atoms with van der Waals surface area (Å²) >= 11 is 0. The Labute approximate surface area is 701 Å². The zero-order valence-corrected chi connectivity index (χ0v) is 66.1. The molecule has 0 bridgehead atoms. The van der Waals surface area contributed by atoms with Crippen LogP contribution in [0.25, 0.3) is 122 Å². The molecule has 0 radical (unpaired) electrons. The fourth-order valence-corrected chi connectivity index (χ4v) is 19.8. The molecule has 0 heterocycles. The molecule has 0 fully saturated rings. The van der Waals surface area contributed by atoms with Crippen molar-refractivity contribution in [3.63, 3.8) is 0 Å². The molecule has 0 spiro atoms. The molecule has 20 aromatic carbocycles. The van der Waals surface area contributed by atoms with Gasteiger partial charge in [0, 0.05) is 34.1 Å². The maximum Gasteiger partial charge on any atom is 0.0714 e. The van der Waals surface area contributed by atoms with Gasteiger partial charge < -0.3 is 9.80 Å². The van der Waals surface area contributed by atoms with Crippen molar-refractivity contribution in [2.45, 2.75) is 10.8 Å². The van der Waals surface area contributed by atoms with E-state index in [4.69, 9.17) is 0 Å².